The molecule has 0 N–H and O–H groups in total. The van der Waals surface area contributed by atoms with Crippen LogP contribution in [0.4, 0.5) is 0 Å². The van der Waals surface area contributed by atoms with Crippen molar-refractivity contribution in [1.29, 1.82) is 0 Å². The molecule has 1 nitrogen and oxygen atoms in total. The average molecular weight is 402 g/mol. The first kappa shape index (κ1) is 15.0. The molecule has 2 heteroatoms. The van der Waals surface area contributed by atoms with Gasteiger partial charge in [-0.05, 0) is 34.4 Å². The Hall–Kier alpha value is -2.06. The number of benzene rings is 3. The van der Waals surface area contributed by atoms with Gasteiger partial charge in [0.05, 0.1) is 16.7 Å². The molecule has 6 rings (SSSR count). The summed E-state index contributed by atoms with van der Waals surface area (Å²) >= 11 is 3.80. The second-order valence-corrected chi connectivity index (χ2v) is 9.75. The van der Waals surface area contributed by atoms with E-state index < -0.39 is 0 Å². The number of rotatable bonds is 0. The van der Waals surface area contributed by atoms with Crippen molar-refractivity contribution >= 4 is 37.7 Å². The summed E-state index contributed by atoms with van der Waals surface area (Å²) in [6.07, 6.45) is 0. The van der Waals surface area contributed by atoms with Gasteiger partial charge >= 0.3 is 0 Å². The van der Waals surface area contributed by atoms with Crippen LogP contribution in [0.15, 0.2) is 53.0 Å². The fourth-order valence-electron chi connectivity index (χ4n) is 5.43. The largest absolute Gasteiger partial charge is 0.308 e. The lowest BCUT2D eigenvalue weighted by Gasteiger charge is -2.42. The predicted molar refractivity (Wildman–Crippen MR) is 113 cm³/mol. The molecule has 26 heavy (non-hydrogen) atoms. The van der Waals surface area contributed by atoms with Crippen LogP contribution in [0.25, 0.3) is 27.5 Å². The molecule has 0 bridgehead atoms. The van der Waals surface area contributed by atoms with E-state index in [1.54, 1.807) is 0 Å². The first-order chi connectivity index (χ1) is 12.3. The predicted octanol–water partition coefficient (Wildman–Crippen LogP) is 6.82. The molecule has 4 aromatic rings. The van der Waals surface area contributed by atoms with E-state index in [2.05, 4.69) is 96.7 Å². The molecule has 2 aliphatic rings. The van der Waals surface area contributed by atoms with Gasteiger partial charge in [0.15, 0.2) is 0 Å². The third-order valence-electron chi connectivity index (χ3n) is 6.80. The lowest BCUT2D eigenvalue weighted by atomic mass is 9.69. The molecule has 0 radical (unpaired) electrons. The Labute approximate surface area is 161 Å². The van der Waals surface area contributed by atoms with Crippen LogP contribution >= 0.6 is 15.9 Å². The molecule has 0 fully saturated rings. The fraction of sp³-hybridized carbons (Fsp3) is 0.250. The Bertz CT molecular complexity index is 1190. The van der Waals surface area contributed by atoms with Crippen molar-refractivity contribution < 1.29 is 0 Å². The lowest BCUT2D eigenvalue weighted by Crippen LogP contribution is -2.33. The highest BCUT2D eigenvalue weighted by Gasteiger charge is 2.43. The van der Waals surface area contributed by atoms with Crippen LogP contribution in [0, 0.1) is 0 Å². The van der Waals surface area contributed by atoms with Crippen molar-refractivity contribution in [3.63, 3.8) is 0 Å². The van der Waals surface area contributed by atoms with Gasteiger partial charge in [0.1, 0.15) is 0 Å². The molecular weight excluding hydrogens is 382 g/mol. The second kappa shape index (κ2) is 4.26. The number of fused-ring (bicyclic) bond motifs is 1. The summed E-state index contributed by atoms with van der Waals surface area (Å²) in [6.45, 7) is 9.47. The Balaban J connectivity index is 2.05. The van der Waals surface area contributed by atoms with E-state index in [0.29, 0.717) is 0 Å². The topological polar surface area (TPSA) is 4.93 Å². The summed E-state index contributed by atoms with van der Waals surface area (Å²) in [5.74, 6) is 0. The van der Waals surface area contributed by atoms with Crippen LogP contribution in [0.2, 0.25) is 0 Å². The van der Waals surface area contributed by atoms with E-state index in [1.165, 1.54) is 54.2 Å². The summed E-state index contributed by atoms with van der Waals surface area (Å²) < 4.78 is 3.73. The van der Waals surface area contributed by atoms with E-state index in [1.807, 2.05) is 0 Å². The number of hydrogen-bond acceptors (Lipinski definition) is 0. The Morgan fingerprint density at radius 2 is 1.15 bits per heavy atom. The number of nitrogens with zero attached hydrogens (tertiary/aromatic N) is 1. The van der Waals surface area contributed by atoms with Crippen molar-refractivity contribution in [2.75, 3.05) is 0 Å². The van der Waals surface area contributed by atoms with Crippen LogP contribution in [-0.2, 0) is 10.8 Å². The minimum atomic E-state index is -0.0225. The number of para-hydroxylation sites is 2. The maximum Gasteiger partial charge on any atom is 0.0582 e. The van der Waals surface area contributed by atoms with Gasteiger partial charge in [0.25, 0.3) is 0 Å². The zero-order valence-corrected chi connectivity index (χ0v) is 17.0. The van der Waals surface area contributed by atoms with Crippen molar-refractivity contribution in [2.45, 2.75) is 38.5 Å². The summed E-state index contributed by atoms with van der Waals surface area (Å²) in [6, 6.07) is 18.3. The zero-order chi connectivity index (χ0) is 18.0. The molecule has 0 saturated heterocycles. The number of hydrogen-bond donors (Lipinski definition) is 0. The molecular formula is C24H20BrN. The summed E-state index contributed by atoms with van der Waals surface area (Å²) in [5.41, 5.74) is 9.83. The number of halogens is 1. The SMILES string of the molecule is CC1(C)c2cc(Br)cc3c2-n2c4c1cccc4c1cccc(c12)C3(C)C. The van der Waals surface area contributed by atoms with Gasteiger partial charge in [-0.3, -0.25) is 0 Å². The van der Waals surface area contributed by atoms with E-state index in [-0.39, 0.29) is 10.8 Å². The standard InChI is InChI=1S/C24H20BrN/c1-23(2)16-9-5-7-14-15-8-6-10-17-21(15)26(20(14)16)22-18(23)11-13(25)12-19(22)24(17,3)4/h5-12H,1-4H3. The number of aromatic nitrogens is 1. The third-order valence-corrected chi connectivity index (χ3v) is 7.26. The van der Waals surface area contributed by atoms with Gasteiger partial charge in [-0.1, -0.05) is 80.0 Å². The van der Waals surface area contributed by atoms with E-state index in [4.69, 9.17) is 0 Å². The highest BCUT2D eigenvalue weighted by Crippen LogP contribution is 2.55. The highest BCUT2D eigenvalue weighted by atomic mass is 79.9. The lowest BCUT2D eigenvalue weighted by molar-refractivity contribution is 0.593. The first-order valence-electron chi connectivity index (χ1n) is 9.25. The third kappa shape index (κ3) is 1.43. The molecule has 3 aromatic carbocycles. The van der Waals surface area contributed by atoms with Crippen LogP contribution in [0.5, 0.6) is 0 Å². The van der Waals surface area contributed by atoms with Crippen LogP contribution in [0.1, 0.15) is 49.9 Å². The zero-order valence-electron chi connectivity index (χ0n) is 15.4. The Kier molecular flexibility index (Phi) is 2.46. The second-order valence-electron chi connectivity index (χ2n) is 8.84. The van der Waals surface area contributed by atoms with Gasteiger partial charge in [0, 0.05) is 26.1 Å². The molecule has 0 amide bonds. The molecule has 3 heterocycles. The quantitative estimate of drug-likeness (QED) is 0.304. The fourth-order valence-corrected chi connectivity index (χ4v) is 5.89. The van der Waals surface area contributed by atoms with E-state index in [0.717, 1.165) is 0 Å². The molecule has 0 unspecified atom stereocenters. The van der Waals surface area contributed by atoms with Crippen LogP contribution in [0.3, 0.4) is 0 Å². The average Bonchev–Trinajstić information content (AvgIpc) is 2.94. The molecule has 128 valence electrons. The molecule has 1 aromatic heterocycles. The summed E-state index contributed by atoms with van der Waals surface area (Å²) in [7, 11) is 0. The van der Waals surface area contributed by atoms with Crippen molar-refractivity contribution in [3.05, 3.63) is 75.3 Å². The highest BCUT2D eigenvalue weighted by molar-refractivity contribution is 9.10. The normalized spacial score (nSPS) is 18.0. The maximum atomic E-state index is 3.80. The summed E-state index contributed by atoms with van der Waals surface area (Å²) in [4.78, 5) is 0. The van der Waals surface area contributed by atoms with Crippen molar-refractivity contribution in [2.24, 2.45) is 0 Å². The summed E-state index contributed by atoms with van der Waals surface area (Å²) in [5, 5.41) is 2.76. The first-order valence-corrected chi connectivity index (χ1v) is 10.0. The molecule has 0 atom stereocenters. The minimum Gasteiger partial charge on any atom is -0.308 e. The molecule has 0 spiro atoms. The monoisotopic (exact) mass is 401 g/mol. The van der Waals surface area contributed by atoms with Gasteiger partial charge in [-0.25, -0.2) is 0 Å². The van der Waals surface area contributed by atoms with Gasteiger partial charge in [-0.2, -0.15) is 0 Å². The smallest absolute Gasteiger partial charge is 0.0582 e. The molecule has 2 aliphatic heterocycles. The maximum absolute atomic E-state index is 3.80. The van der Waals surface area contributed by atoms with Gasteiger partial charge < -0.3 is 4.57 Å². The Morgan fingerprint density at radius 1 is 0.692 bits per heavy atom. The van der Waals surface area contributed by atoms with E-state index >= 15 is 0 Å². The van der Waals surface area contributed by atoms with E-state index in [9.17, 15) is 0 Å². The van der Waals surface area contributed by atoms with Gasteiger partial charge in [0.2, 0.25) is 0 Å². The van der Waals surface area contributed by atoms with Crippen LogP contribution < -0.4 is 0 Å². The molecule has 0 saturated carbocycles. The van der Waals surface area contributed by atoms with Gasteiger partial charge in [-0.15, -0.1) is 0 Å². The van der Waals surface area contributed by atoms with Crippen molar-refractivity contribution in [3.8, 4) is 5.69 Å². The van der Waals surface area contributed by atoms with Crippen molar-refractivity contribution in [1.82, 2.24) is 4.57 Å². The minimum absolute atomic E-state index is 0.0225. The molecule has 0 aliphatic carbocycles. The Morgan fingerprint density at radius 3 is 1.62 bits per heavy atom. The van der Waals surface area contributed by atoms with Crippen LogP contribution in [-0.4, -0.2) is 4.57 Å².